The largest absolute Gasteiger partial charge is 0.356 e. The van der Waals surface area contributed by atoms with Crippen LogP contribution in [0.5, 0.6) is 0 Å². The minimum Gasteiger partial charge on any atom is -0.356 e. The van der Waals surface area contributed by atoms with Crippen molar-refractivity contribution in [1.82, 2.24) is 10.1 Å². The number of amides is 2. The first kappa shape index (κ1) is 21.4. The molecule has 2 amide bonds. The molecule has 1 fully saturated rings. The first-order valence-electron chi connectivity index (χ1n) is 11.2. The van der Waals surface area contributed by atoms with Crippen molar-refractivity contribution in [2.45, 2.75) is 32.6 Å². The summed E-state index contributed by atoms with van der Waals surface area (Å²) in [4.78, 5) is 29.4. The van der Waals surface area contributed by atoms with Gasteiger partial charge in [-0.1, -0.05) is 47.6 Å². The van der Waals surface area contributed by atoms with E-state index in [2.05, 4.69) is 10.5 Å². The number of likely N-dealkylation sites (tertiary alicyclic amines) is 1. The Labute approximate surface area is 196 Å². The summed E-state index contributed by atoms with van der Waals surface area (Å²) in [7, 11) is 0. The molecule has 1 aliphatic heterocycles. The number of piperidine rings is 1. The Morgan fingerprint density at radius 3 is 2.55 bits per heavy atom. The van der Waals surface area contributed by atoms with Gasteiger partial charge in [-0.2, -0.15) is 0 Å². The summed E-state index contributed by atoms with van der Waals surface area (Å²) < 4.78 is 5.33. The fourth-order valence-electron chi connectivity index (χ4n) is 4.37. The Kier molecular flexibility index (Phi) is 5.96. The highest BCUT2D eigenvalue weighted by Gasteiger charge is 2.28. The summed E-state index contributed by atoms with van der Waals surface area (Å²) in [5, 5.41) is 8.51. The monoisotopic (exact) mass is 459 g/mol. The molecule has 5 rings (SSSR count). The molecule has 0 unspecified atom stereocenters. The Morgan fingerprint density at radius 2 is 1.76 bits per heavy atom. The number of fused-ring (bicyclic) bond motifs is 1. The van der Waals surface area contributed by atoms with Crippen LogP contribution in [0.25, 0.3) is 21.4 Å². The number of carbonyl (C=O) groups excluding carboxylic acids is 2. The SMILES string of the molecule is Cc1c(-c2ccccc2)sc(NC(=O)Cc2noc3ccccc23)c1C(=O)N1CCCCC1. The number of nitrogens with zero attached hydrogens (tertiary/aromatic N) is 2. The molecule has 1 saturated heterocycles. The molecule has 2 aromatic heterocycles. The fraction of sp³-hybridized carbons (Fsp3) is 0.269. The van der Waals surface area contributed by atoms with Gasteiger partial charge < -0.3 is 14.7 Å². The lowest BCUT2D eigenvalue weighted by Crippen LogP contribution is -2.36. The number of hydrogen-bond donors (Lipinski definition) is 1. The number of nitrogens with one attached hydrogen (secondary N) is 1. The van der Waals surface area contributed by atoms with Crippen LogP contribution in [-0.4, -0.2) is 35.0 Å². The zero-order valence-corrected chi connectivity index (χ0v) is 19.3. The zero-order chi connectivity index (χ0) is 22.8. The lowest BCUT2D eigenvalue weighted by molar-refractivity contribution is -0.115. The molecule has 1 aliphatic rings. The number of thiophene rings is 1. The topological polar surface area (TPSA) is 75.4 Å². The van der Waals surface area contributed by atoms with Crippen LogP contribution in [-0.2, 0) is 11.2 Å². The number of aromatic nitrogens is 1. The van der Waals surface area contributed by atoms with Gasteiger partial charge in [-0.15, -0.1) is 11.3 Å². The van der Waals surface area contributed by atoms with Crippen LogP contribution in [0.4, 0.5) is 5.00 Å². The highest BCUT2D eigenvalue weighted by atomic mass is 32.1. The molecule has 0 atom stereocenters. The van der Waals surface area contributed by atoms with Gasteiger partial charge in [-0.05, 0) is 49.4 Å². The van der Waals surface area contributed by atoms with Crippen molar-refractivity contribution in [3.63, 3.8) is 0 Å². The smallest absolute Gasteiger partial charge is 0.257 e. The summed E-state index contributed by atoms with van der Waals surface area (Å²) in [5.74, 6) is -0.226. The zero-order valence-electron chi connectivity index (χ0n) is 18.5. The molecule has 1 N–H and O–H groups in total. The third kappa shape index (κ3) is 4.28. The van der Waals surface area contributed by atoms with Gasteiger partial charge in [0, 0.05) is 23.4 Å². The van der Waals surface area contributed by atoms with E-state index in [-0.39, 0.29) is 18.2 Å². The summed E-state index contributed by atoms with van der Waals surface area (Å²) in [6.07, 6.45) is 3.26. The van der Waals surface area contributed by atoms with Gasteiger partial charge in [-0.3, -0.25) is 9.59 Å². The van der Waals surface area contributed by atoms with Gasteiger partial charge in [0.2, 0.25) is 5.91 Å². The van der Waals surface area contributed by atoms with E-state index in [1.54, 1.807) is 0 Å². The van der Waals surface area contributed by atoms with E-state index in [4.69, 9.17) is 4.52 Å². The molecule has 4 aromatic rings. The van der Waals surface area contributed by atoms with Crippen LogP contribution in [0.2, 0.25) is 0 Å². The van der Waals surface area contributed by atoms with Crippen molar-refractivity contribution in [1.29, 1.82) is 0 Å². The average molecular weight is 460 g/mol. The van der Waals surface area contributed by atoms with Crippen molar-refractivity contribution < 1.29 is 14.1 Å². The number of carbonyl (C=O) groups is 2. The molecular weight excluding hydrogens is 434 g/mol. The number of anilines is 1. The van der Waals surface area contributed by atoms with Gasteiger partial charge in [0.1, 0.15) is 10.7 Å². The highest BCUT2D eigenvalue weighted by molar-refractivity contribution is 7.20. The summed E-state index contributed by atoms with van der Waals surface area (Å²) in [5.41, 5.74) is 3.78. The minimum absolute atomic E-state index is 0.00665. The molecule has 0 saturated carbocycles. The molecular formula is C26H25N3O3S. The minimum atomic E-state index is -0.220. The highest BCUT2D eigenvalue weighted by Crippen LogP contribution is 2.41. The van der Waals surface area contributed by atoms with Crippen LogP contribution in [0.3, 0.4) is 0 Å². The molecule has 33 heavy (non-hydrogen) atoms. The van der Waals surface area contributed by atoms with Crippen LogP contribution in [0.15, 0.2) is 59.1 Å². The van der Waals surface area contributed by atoms with Crippen molar-refractivity contribution in [2.24, 2.45) is 0 Å². The molecule has 2 aromatic carbocycles. The van der Waals surface area contributed by atoms with E-state index >= 15 is 0 Å². The van der Waals surface area contributed by atoms with Gasteiger partial charge in [0.15, 0.2) is 5.58 Å². The van der Waals surface area contributed by atoms with Crippen molar-refractivity contribution in [3.05, 3.63) is 71.4 Å². The van der Waals surface area contributed by atoms with Crippen molar-refractivity contribution in [2.75, 3.05) is 18.4 Å². The van der Waals surface area contributed by atoms with Crippen LogP contribution in [0, 0.1) is 6.92 Å². The maximum absolute atomic E-state index is 13.5. The second-order valence-corrected chi connectivity index (χ2v) is 9.35. The number of rotatable bonds is 5. The Bertz CT molecular complexity index is 1300. The number of para-hydroxylation sites is 1. The first-order valence-corrected chi connectivity index (χ1v) is 12.0. The normalized spacial score (nSPS) is 13.9. The lowest BCUT2D eigenvalue weighted by Gasteiger charge is -2.27. The number of benzene rings is 2. The van der Waals surface area contributed by atoms with E-state index in [9.17, 15) is 9.59 Å². The summed E-state index contributed by atoms with van der Waals surface area (Å²) in [6, 6.07) is 17.5. The fourth-order valence-corrected chi connectivity index (χ4v) is 5.59. The summed E-state index contributed by atoms with van der Waals surface area (Å²) in [6.45, 7) is 3.48. The van der Waals surface area contributed by atoms with Crippen LogP contribution in [0.1, 0.15) is 40.9 Å². The lowest BCUT2D eigenvalue weighted by atomic mass is 10.0. The van der Waals surface area contributed by atoms with E-state index in [1.807, 2.05) is 66.4 Å². The molecule has 7 heteroatoms. The predicted octanol–water partition coefficient (Wildman–Crippen LogP) is 5.67. The molecule has 6 nitrogen and oxygen atoms in total. The molecule has 168 valence electrons. The van der Waals surface area contributed by atoms with Gasteiger partial charge in [0.05, 0.1) is 12.0 Å². The average Bonchev–Trinajstić information content (AvgIpc) is 3.40. The molecule has 3 heterocycles. The number of hydrogen-bond acceptors (Lipinski definition) is 5. The first-order chi connectivity index (χ1) is 16.1. The third-order valence-electron chi connectivity index (χ3n) is 6.07. The Balaban J connectivity index is 1.47. The van der Waals surface area contributed by atoms with E-state index in [1.165, 1.54) is 11.3 Å². The maximum Gasteiger partial charge on any atom is 0.257 e. The van der Waals surface area contributed by atoms with Crippen LogP contribution >= 0.6 is 11.3 Å². The molecule has 0 radical (unpaired) electrons. The second-order valence-electron chi connectivity index (χ2n) is 8.33. The quantitative estimate of drug-likeness (QED) is 0.417. The third-order valence-corrected chi connectivity index (χ3v) is 7.33. The maximum atomic E-state index is 13.5. The second kappa shape index (κ2) is 9.19. The molecule has 0 bridgehead atoms. The van der Waals surface area contributed by atoms with Crippen molar-refractivity contribution >= 4 is 39.1 Å². The van der Waals surface area contributed by atoms with Crippen LogP contribution < -0.4 is 5.32 Å². The Hall–Kier alpha value is -3.45. The van der Waals surface area contributed by atoms with E-state index in [0.717, 1.165) is 53.7 Å². The Morgan fingerprint density at radius 1 is 1.03 bits per heavy atom. The van der Waals surface area contributed by atoms with Gasteiger partial charge >= 0.3 is 0 Å². The predicted molar refractivity (Wildman–Crippen MR) is 131 cm³/mol. The molecule has 0 spiro atoms. The van der Waals surface area contributed by atoms with Gasteiger partial charge in [-0.25, -0.2) is 0 Å². The van der Waals surface area contributed by atoms with Gasteiger partial charge in [0.25, 0.3) is 5.91 Å². The molecule has 0 aliphatic carbocycles. The summed E-state index contributed by atoms with van der Waals surface area (Å²) >= 11 is 1.45. The standard InChI is InChI=1S/C26H25N3O3S/c1-17-23(26(31)29-14-8-3-9-15-29)25(33-24(17)18-10-4-2-5-11-18)27-22(30)16-20-19-12-6-7-13-21(19)32-28-20/h2,4-7,10-13H,3,8-9,14-16H2,1H3,(H,27,30). The van der Waals surface area contributed by atoms with E-state index < -0.39 is 0 Å². The van der Waals surface area contributed by atoms with Crippen molar-refractivity contribution in [3.8, 4) is 10.4 Å². The van der Waals surface area contributed by atoms with E-state index in [0.29, 0.717) is 21.8 Å².